The van der Waals surface area contributed by atoms with Crippen LogP contribution < -0.4 is 5.32 Å². The highest BCUT2D eigenvalue weighted by Gasteiger charge is 2.22. The number of pyridine rings is 1. The molecule has 1 N–H and O–H groups in total. The number of hydrogen-bond acceptors (Lipinski definition) is 5. The van der Waals surface area contributed by atoms with Crippen molar-refractivity contribution in [2.45, 2.75) is 25.3 Å². The van der Waals surface area contributed by atoms with E-state index < -0.39 is 10.0 Å². The van der Waals surface area contributed by atoms with E-state index in [0.717, 1.165) is 16.5 Å². The Balaban J connectivity index is 1.61. The summed E-state index contributed by atoms with van der Waals surface area (Å²) in [5, 5.41) is 8.06. The first-order valence-electron chi connectivity index (χ1n) is 10.7. The Morgan fingerprint density at radius 3 is 2.33 bits per heavy atom. The number of aromatic nitrogens is 3. The zero-order chi connectivity index (χ0) is 23.4. The number of nitrogens with one attached hydrogen (secondary N) is 1. The van der Waals surface area contributed by atoms with Gasteiger partial charge in [0.15, 0.2) is 5.69 Å². The number of para-hydroxylation sites is 1. The number of carbonyl (C=O) groups excluding carboxylic acids is 1. The Bertz CT molecular complexity index is 1360. The molecule has 8 nitrogen and oxygen atoms in total. The van der Waals surface area contributed by atoms with Gasteiger partial charge < -0.3 is 5.32 Å². The molecule has 2 aromatic carbocycles. The van der Waals surface area contributed by atoms with E-state index in [2.05, 4.69) is 15.4 Å². The number of nitrogens with zero attached hydrogens (tertiary/aromatic N) is 4. The highest BCUT2D eigenvalue weighted by atomic mass is 32.2. The normalized spacial score (nSPS) is 11.7. The third kappa shape index (κ3) is 4.64. The molecule has 33 heavy (non-hydrogen) atoms. The SMILES string of the molecule is CCN(CC)S(=O)(=O)c1ccc(Cn2nc(C(=O)Nc3ccccn3)c3ccccc32)cc1. The molecule has 0 saturated heterocycles. The molecule has 0 unspecified atom stereocenters. The predicted molar refractivity (Wildman–Crippen MR) is 128 cm³/mol. The number of rotatable bonds is 8. The number of carbonyl (C=O) groups is 1. The number of amides is 1. The number of fused-ring (bicyclic) bond motifs is 1. The monoisotopic (exact) mass is 463 g/mol. The van der Waals surface area contributed by atoms with E-state index in [0.29, 0.717) is 31.1 Å². The minimum atomic E-state index is -3.51. The zero-order valence-corrected chi connectivity index (χ0v) is 19.3. The molecule has 0 fully saturated rings. The van der Waals surface area contributed by atoms with Crippen LogP contribution in [-0.2, 0) is 16.6 Å². The Morgan fingerprint density at radius 1 is 0.970 bits per heavy atom. The molecular weight excluding hydrogens is 438 g/mol. The molecule has 0 aliphatic heterocycles. The summed E-state index contributed by atoms with van der Waals surface area (Å²) >= 11 is 0. The van der Waals surface area contributed by atoms with Crippen molar-refractivity contribution in [1.29, 1.82) is 0 Å². The van der Waals surface area contributed by atoms with Crippen molar-refractivity contribution in [3.63, 3.8) is 0 Å². The van der Waals surface area contributed by atoms with Crippen molar-refractivity contribution >= 4 is 32.7 Å². The summed E-state index contributed by atoms with van der Waals surface area (Å²) in [6.07, 6.45) is 1.61. The highest BCUT2D eigenvalue weighted by Crippen LogP contribution is 2.22. The Hall–Kier alpha value is -3.56. The van der Waals surface area contributed by atoms with Gasteiger partial charge in [-0.25, -0.2) is 13.4 Å². The first-order valence-corrected chi connectivity index (χ1v) is 12.1. The minimum Gasteiger partial charge on any atom is -0.305 e. The van der Waals surface area contributed by atoms with Gasteiger partial charge in [0.25, 0.3) is 5.91 Å². The molecule has 2 aromatic heterocycles. The number of benzene rings is 2. The van der Waals surface area contributed by atoms with Crippen LogP contribution in [0.25, 0.3) is 10.9 Å². The van der Waals surface area contributed by atoms with Crippen LogP contribution in [0.2, 0.25) is 0 Å². The Labute approximate surface area is 192 Å². The van der Waals surface area contributed by atoms with E-state index in [4.69, 9.17) is 0 Å². The molecule has 0 radical (unpaired) electrons. The molecule has 1 amide bonds. The largest absolute Gasteiger partial charge is 0.305 e. The summed E-state index contributed by atoms with van der Waals surface area (Å²) in [5.74, 6) is 0.107. The molecule has 4 aromatic rings. The molecule has 0 saturated carbocycles. The van der Waals surface area contributed by atoms with Crippen molar-refractivity contribution in [2.75, 3.05) is 18.4 Å². The number of hydrogen-bond donors (Lipinski definition) is 1. The van der Waals surface area contributed by atoms with Crippen LogP contribution >= 0.6 is 0 Å². The standard InChI is InChI=1S/C24H25N5O3S/c1-3-28(4-2)33(31,32)19-14-12-18(13-15-19)17-29-21-10-6-5-9-20(21)23(27-29)24(30)26-22-11-7-8-16-25-22/h5-16H,3-4,17H2,1-2H3,(H,25,26,30). The molecule has 9 heteroatoms. The summed E-state index contributed by atoms with van der Waals surface area (Å²) < 4.78 is 28.6. The average Bonchev–Trinajstić information content (AvgIpc) is 3.19. The average molecular weight is 464 g/mol. The van der Waals surface area contributed by atoms with Crippen LogP contribution in [0.3, 0.4) is 0 Å². The lowest BCUT2D eigenvalue weighted by Gasteiger charge is -2.18. The molecule has 170 valence electrons. The highest BCUT2D eigenvalue weighted by molar-refractivity contribution is 7.89. The molecular formula is C24H25N5O3S. The van der Waals surface area contributed by atoms with Crippen LogP contribution in [0.15, 0.2) is 77.8 Å². The van der Waals surface area contributed by atoms with Gasteiger partial charge in [-0.3, -0.25) is 9.48 Å². The minimum absolute atomic E-state index is 0.260. The maximum atomic E-state index is 12.9. The van der Waals surface area contributed by atoms with Crippen molar-refractivity contribution in [3.8, 4) is 0 Å². The van der Waals surface area contributed by atoms with Gasteiger partial charge in [-0.05, 0) is 35.9 Å². The van der Waals surface area contributed by atoms with Crippen molar-refractivity contribution < 1.29 is 13.2 Å². The van der Waals surface area contributed by atoms with Gasteiger partial charge in [-0.1, -0.05) is 50.2 Å². The Kier molecular flexibility index (Phi) is 6.52. The van der Waals surface area contributed by atoms with E-state index in [1.165, 1.54) is 4.31 Å². The number of anilines is 1. The predicted octanol–water partition coefficient (Wildman–Crippen LogP) is 3.76. The van der Waals surface area contributed by atoms with Gasteiger partial charge >= 0.3 is 0 Å². The van der Waals surface area contributed by atoms with Crippen LogP contribution in [0.5, 0.6) is 0 Å². The van der Waals surface area contributed by atoms with Gasteiger partial charge in [0, 0.05) is 24.7 Å². The Morgan fingerprint density at radius 2 is 1.67 bits per heavy atom. The summed E-state index contributed by atoms with van der Waals surface area (Å²) in [6, 6.07) is 19.6. The second kappa shape index (κ2) is 9.51. The van der Waals surface area contributed by atoms with Crippen molar-refractivity contribution in [1.82, 2.24) is 19.1 Å². The van der Waals surface area contributed by atoms with Crippen molar-refractivity contribution in [3.05, 3.63) is 84.2 Å². The summed E-state index contributed by atoms with van der Waals surface area (Å²) in [7, 11) is -3.51. The fourth-order valence-electron chi connectivity index (χ4n) is 3.68. The molecule has 0 atom stereocenters. The molecule has 0 aliphatic rings. The fourth-order valence-corrected chi connectivity index (χ4v) is 5.14. The smallest absolute Gasteiger partial charge is 0.277 e. The molecule has 0 spiro atoms. The summed E-state index contributed by atoms with van der Waals surface area (Å²) in [6.45, 7) is 4.87. The second-order valence-corrected chi connectivity index (χ2v) is 9.36. The van der Waals surface area contributed by atoms with Gasteiger partial charge in [0.2, 0.25) is 10.0 Å². The van der Waals surface area contributed by atoms with Gasteiger partial charge in [0.1, 0.15) is 5.82 Å². The lowest BCUT2D eigenvalue weighted by molar-refractivity contribution is 0.102. The molecule has 0 bridgehead atoms. The van der Waals surface area contributed by atoms with E-state index in [9.17, 15) is 13.2 Å². The maximum absolute atomic E-state index is 12.9. The third-order valence-corrected chi connectivity index (χ3v) is 7.44. The van der Waals surface area contributed by atoms with Gasteiger partial charge in [0.05, 0.1) is 17.0 Å². The van der Waals surface area contributed by atoms with Crippen LogP contribution in [0.4, 0.5) is 5.82 Å². The van der Waals surface area contributed by atoms with Crippen LogP contribution in [0.1, 0.15) is 29.9 Å². The summed E-state index contributed by atoms with van der Waals surface area (Å²) in [5.41, 5.74) is 1.99. The van der Waals surface area contributed by atoms with E-state index >= 15 is 0 Å². The van der Waals surface area contributed by atoms with E-state index in [-0.39, 0.29) is 10.8 Å². The molecule has 0 aliphatic carbocycles. The first-order chi connectivity index (χ1) is 15.9. The maximum Gasteiger partial charge on any atom is 0.277 e. The van der Waals surface area contributed by atoms with Crippen molar-refractivity contribution in [2.24, 2.45) is 0 Å². The second-order valence-electron chi connectivity index (χ2n) is 7.43. The van der Waals surface area contributed by atoms with Gasteiger partial charge in [-0.15, -0.1) is 0 Å². The molecule has 2 heterocycles. The quantitative estimate of drug-likeness (QED) is 0.429. The number of sulfonamides is 1. The lowest BCUT2D eigenvalue weighted by Crippen LogP contribution is -2.30. The third-order valence-electron chi connectivity index (χ3n) is 5.38. The van der Waals surface area contributed by atoms with Gasteiger partial charge in [-0.2, -0.15) is 9.40 Å². The lowest BCUT2D eigenvalue weighted by atomic mass is 10.2. The topological polar surface area (TPSA) is 97.2 Å². The fraction of sp³-hybridized carbons (Fsp3) is 0.208. The first kappa shape index (κ1) is 22.6. The zero-order valence-electron chi connectivity index (χ0n) is 18.5. The van der Waals surface area contributed by atoms with E-state index in [1.807, 2.05) is 38.1 Å². The van der Waals surface area contributed by atoms with Crippen LogP contribution in [0, 0.1) is 0 Å². The molecule has 4 rings (SSSR count). The van der Waals surface area contributed by atoms with Crippen LogP contribution in [-0.4, -0.2) is 46.5 Å². The summed E-state index contributed by atoms with van der Waals surface area (Å²) in [4.78, 5) is 17.3. The van der Waals surface area contributed by atoms with E-state index in [1.54, 1.807) is 53.3 Å².